The topological polar surface area (TPSA) is 47.6 Å². The molecule has 0 spiro atoms. The molecule has 106 valence electrons. The molecule has 0 fully saturated rings. The van der Waals surface area contributed by atoms with Gasteiger partial charge in [-0.3, -0.25) is 4.79 Å². The molecule has 0 aliphatic heterocycles. The minimum absolute atomic E-state index is 0.192. The van der Waals surface area contributed by atoms with Crippen molar-refractivity contribution in [2.24, 2.45) is 0 Å². The molecule has 6 heteroatoms. The lowest BCUT2D eigenvalue weighted by atomic mass is 10.3. The average Bonchev–Trinajstić information content (AvgIpc) is 2.37. The Morgan fingerprint density at radius 3 is 2.79 bits per heavy atom. The summed E-state index contributed by atoms with van der Waals surface area (Å²) in [6.45, 7) is 2.82. The maximum atomic E-state index is 11.7. The number of carbonyl (C=O) groups is 1. The Bertz CT molecular complexity index is 426. The molecule has 1 unspecified atom stereocenters. The molecule has 0 saturated carbocycles. The molecule has 0 aliphatic carbocycles. The lowest BCUT2D eigenvalue weighted by Gasteiger charge is -2.15. The van der Waals surface area contributed by atoms with Crippen LogP contribution in [-0.2, 0) is 9.53 Å². The molecule has 1 rings (SSSR count). The summed E-state index contributed by atoms with van der Waals surface area (Å²) in [5, 5.41) is 3.66. The molecule has 19 heavy (non-hydrogen) atoms. The molecule has 0 heterocycles. The number of hydrogen-bond acceptors (Lipinski definition) is 3. The van der Waals surface area contributed by atoms with Gasteiger partial charge in [-0.2, -0.15) is 0 Å². The van der Waals surface area contributed by atoms with Crippen LogP contribution in [0.15, 0.2) is 18.2 Å². The third kappa shape index (κ3) is 5.68. The molecule has 1 aromatic rings. The van der Waals surface area contributed by atoms with E-state index in [2.05, 4.69) is 5.32 Å². The Kier molecular flexibility index (Phi) is 6.99. The third-order valence-electron chi connectivity index (χ3n) is 2.39. The van der Waals surface area contributed by atoms with E-state index in [0.717, 1.165) is 6.42 Å². The highest BCUT2D eigenvalue weighted by Gasteiger charge is 2.15. The molecule has 0 aromatic heterocycles. The quantitative estimate of drug-likeness (QED) is 0.788. The molecular weight excluding hydrogens is 289 g/mol. The van der Waals surface area contributed by atoms with E-state index in [0.29, 0.717) is 28.9 Å². The van der Waals surface area contributed by atoms with E-state index in [1.54, 1.807) is 32.2 Å². The second-order valence-corrected chi connectivity index (χ2v) is 4.82. The maximum Gasteiger partial charge on any atom is 0.260 e. The summed E-state index contributed by atoms with van der Waals surface area (Å²) in [6.07, 6.45) is 0.137. The molecule has 1 aromatic carbocycles. The van der Waals surface area contributed by atoms with Crippen LogP contribution in [0.25, 0.3) is 0 Å². The lowest BCUT2D eigenvalue weighted by molar-refractivity contribution is -0.127. The van der Waals surface area contributed by atoms with Gasteiger partial charge in [0.1, 0.15) is 5.75 Å². The van der Waals surface area contributed by atoms with Gasteiger partial charge in [0.05, 0.1) is 5.02 Å². The average molecular weight is 306 g/mol. The standard InChI is InChI=1S/C13H17Cl2NO3/c1-9(13(17)16-6-3-7-18-2)19-12-5-4-10(14)8-11(12)15/h4-5,8-9H,3,6-7H2,1-2H3,(H,16,17). The van der Waals surface area contributed by atoms with Gasteiger partial charge in [-0.1, -0.05) is 23.2 Å². The lowest BCUT2D eigenvalue weighted by Crippen LogP contribution is -2.37. The van der Waals surface area contributed by atoms with E-state index < -0.39 is 6.10 Å². The number of amides is 1. The summed E-state index contributed by atoms with van der Waals surface area (Å²) in [6, 6.07) is 4.87. The second kappa shape index (κ2) is 8.25. The van der Waals surface area contributed by atoms with Crippen molar-refractivity contribution in [3.63, 3.8) is 0 Å². The molecule has 1 N–H and O–H groups in total. The van der Waals surface area contributed by atoms with Crippen molar-refractivity contribution >= 4 is 29.1 Å². The summed E-state index contributed by atoms with van der Waals surface area (Å²) >= 11 is 11.7. The number of halogens is 2. The predicted octanol–water partition coefficient (Wildman–Crippen LogP) is 2.91. The molecule has 0 saturated heterocycles. The summed E-state index contributed by atoms with van der Waals surface area (Å²) in [5.74, 6) is 0.243. The smallest absolute Gasteiger partial charge is 0.260 e. The first-order valence-corrected chi connectivity index (χ1v) is 6.68. The summed E-state index contributed by atoms with van der Waals surface area (Å²) in [5.41, 5.74) is 0. The van der Waals surface area contributed by atoms with E-state index >= 15 is 0 Å². The summed E-state index contributed by atoms with van der Waals surface area (Å²) < 4.78 is 10.4. The van der Waals surface area contributed by atoms with E-state index in [1.165, 1.54) is 0 Å². The number of benzene rings is 1. The number of nitrogens with one attached hydrogen (secondary N) is 1. The van der Waals surface area contributed by atoms with Gasteiger partial charge in [0.15, 0.2) is 6.10 Å². The van der Waals surface area contributed by atoms with Crippen molar-refractivity contribution in [1.82, 2.24) is 5.32 Å². The highest BCUT2D eigenvalue weighted by atomic mass is 35.5. The van der Waals surface area contributed by atoms with Gasteiger partial charge in [-0.15, -0.1) is 0 Å². The van der Waals surface area contributed by atoms with Crippen molar-refractivity contribution in [2.45, 2.75) is 19.4 Å². The fourth-order valence-corrected chi connectivity index (χ4v) is 1.84. The van der Waals surface area contributed by atoms with E-state index in [9.17, 15) is 4.79 Å². The number of ether oxygens (including phenoxy) is 2. The number of carbonyl (C=O) groups excluding carboxylic acids is 1. The maximum absolute atomic E-state index is 11.7. The SMILES string of the molecule is COCCCNC(=O)C(C)Oc1ccc(Cl)cc1Cl. The van der Waals surface area contributed by atoms with Crippen molar-refractivity contribution in [3.05, 3.63) is 28.2 Å². The Morgan fingerprint density at radius 1 is 1.42 bits per heavy atom. The number of hydrogen-bond donors (Lipinski definition) is 1. The first-order chi connectivity index (χ1) is 9.04. The van der Waals surface area contributed by atoms with Crippen LogP contribution in [0.3, 0.4) is 0 Å². The van der Waals surface area contributed by atoms with E-state index in [-0.39, 0.29) is 5.91 Å². The van der Waals surface area contributed by atoms with Gasteiger partial charge in [0.25, 0.3) is 5.91 Å². The van der Waals surface area contributed by atoms with Crippen molar-refractivity contribution in [1.29, 1.82) is 0 Å². The zero-order chi connectivity index (χ0) is 14.3. The van der Waals surface area contributed by atoms with Gasteiger partial charge in [-0.05, 0) is 31.5 Å². The molecule has 0 bridgehead atoms. The van der Waals surface area contributed by atoms with Crippen LogP contribution in [0, 0.1) is 0 Å². The minimum atomic E-state index is -0.624. The molecule has 1 atom stereocenters. The monoisotopic (exact) mass is 305 g/mol. The largest absolute Gasteiger partial charge is 0.479 e. The molecule has 0 radical (unpaired) electrons. The van der Waals surface area contributed by atoms with Crippen molar-refractivity contribution < 1.29 is 14.3 Å². The Labute approximate surface area is 123 Å². The zero-order valence-electron chi connectivity index (χ0n) is 10.9. The van der Waals surface area contributed by atoms with Gasteiger partial charge < -0.3 is 14.8 Å². The molecule has 0 aliphatic rings. The zero-order valence-corrected chi connectivity index (χ0v) is 12.4. The Balaban J connectivity index is 2.45. The van der Waals surface area contributed by atoms with Gasteiger partial charge in [-0.25, -0.2) is 0 Å². The van der Waals surface area contributed by atoms with Crippen LogP contribution < -0.4 is 10.1 Å². The summed E-state index contributed by atoms with van der Waals surface area (Å²) in [4.78, 5) is 11.7. The second-order valence-electron chi connectivity index (χ2n) is 3.97. The van der Waals surface area contributed by atoms with Crippen LogP contribution in [0.4, 0.5) is 0 Å². The van der Waals surface area contributed by atoms with Gasteiger partial charge >= 0.3 is 0 Å². The predicted molar refractivity (Wildman–Crippen MR) is 76.1 cm³/mol. The van der Waals surface area contributed by atoms with Gasteiger partial charge in [0.2, 0.25) is 0 Å². The molecule has 1 amide bonds. The van der Waals surface area contributed by atoms with E-state index in [4.69, 9.17) is 32.7 Å². The molecule has 4 nitrogen and oxygen atoms in total. The summed E-state index contributed by atoms with van der Waals surface area (Å²) in [7, 11) is 1.62. The minimum Gasteiger partial charge on any atom is -0.479 e. The number of rotatable bonds is 7. The first-order valence-electron chi connectivity index (χ1n) is 5.93. The molecular formula is C13H17Cl2NO3. The Morgan fingerprint density at radius 2 is 2.16 bits per heavy atom. The van der Waals surface area contributed by atoms with Crippen LogP contribution in [-0.4, -0.2) is 32.3 Å². The van der Waals surface area contributed by atoms with Crippen LogP contribution >= 0.6 is 23.2 Å². The van der Waals surface area contributed by atoms with Gasteiger partial charge in [0, 0.05) is 25.3 Å². The van der Waals surface area contributed by atoms with Crippen LogP contribution in [0.5, 0.6) is 5.75 Å². The highest BCUT2D eigenvalue weighted by molar-refractivity contribution is 6.35. The normalized spacial score (nSPS) is 12.0. The Hall–Kier alpha value is -0.970. The van der Waals surface area contributed by atoms with Crippen molar-refractivity contribution in [3.8, 4) is 5.75 Å². The number of methoxy groups -OCH3 is 1. The highest BCUT2D eigenvalue weighted by Crippen LogP contribution is 2.28. The first kappa shape index (κ1) is 16.1. The fraction of sp³-hybridized carbons (Fsp3) is 0.462. The van der Waals surface area contributed by atoms with Crippen LogP contribution in [0.1, 0.15) is 13.3 Å². The fourth-order valence-electron chi connectivity index (χ4n) is 1.39. The van der Waals surface area contributed by atoms with Crippen molar-refractivity contribution in [2.75, 3.05) is 20.3 Å². The van der Waals surface area contributed by atoms with Crippen LogP contribution in [0.2, 0.25) is 10.0 Å². The van der Waals surface area contributed by atoms with E-state index in [1.807, 2.05) is 0 Å². The third-order valence-corrected chi connectivity index (χ3v) is 2.92.